The summed E-state index contributed by atoms with van der Waals surface area (Å²) in [6.07, 6.45) is -4.50. The van der Waals surface area contributed by atoms with Crippen LogP contribution in [0, 0.1) is 12.7 Å². The van der Waals surface area contributed by atoms with Crippen molar-refractivity contribution in [1.29, 1.82) is 0 Å². The van der Waals surface area contributed by atoms with Crippen LogP contribution in [0.15, 0.2) is 47.4 Å². The largest absolute Gasteiger partial charge is 0.416 e. The van der Waals surface area contributed by atoms with E-state index in [9.17, 15) is 26.0 Å². The molecular weight excluding hydrogens is 322 g/mol. The van der Waals surface area contributed by atoms with Gasteiger partial charge in [0.25, 0.3) is 10.0 Å². The Kier molecular flexibility index (Phi) is 4.15. The first-order valence-corrected chi connectivity index (χ1v) is 7.54. The van der Waals surface area contributed by atoms with Crippen molar-refractivity contribution in [3.63, 3.8) is 0 Å². The van der Waals surface area contributed by atoms with Gasteiger partial charge in [-0.05, 0) is 48.9 Å². The zero-order chi connectivity index (χ0) is 16.5. The molecule has 2 aromatic rings. The molecular formula is C14H11F4NO2S. The molecule has 0 radical (unpaired) electrons. The lowest BCUT2D eigenvalue weighted by atomic mass is 10.2. The van der Waals surface area contributed by atoms with Crippen LogP contribution in [0.4, 0.5) is 23.2 Å². The molecule has 2 aromatic carbocycles. The van der Waals surface area contributed by atoms with Crippen molar-refractivity contribution in [1.82, 2.24) is 0 Å². The van der Waals surface area contributed by atoms with Crippen LogP contribution in [-0.2, 0) is 16.2 Å². The molecule has 0 fully saturated rings. The first-order valence-electron chi connectivity index (χ1n) is 6.06. The third kappa shape index (κ3) is 3.56. The molecule has 0 amide bonds. The number of hydrogen-bond acceptors (Lipinski definition) is 2. The lowest BCUT2D eigenvalue weighted by molar-refractivity contribution is -0.137. The van der Waals surface area contributed by atoms with Crippen LogP contribution in [0.25, 0.3) is 0 Å². The molecule has 118 valence electrons. The van der Waals surface area contributed by atoms with Gasteiger partial charge < -0.3 is 0 Å². The Labute approximate surface area is 124 Å². The van der Waals surface area contributed by atoms with Crippen LogP contribution >= 0.6 is 0 Å². The molecule has 0 spiro atoms. The number of nitrogens with one attached hydrogen (secondary N) is 1. The predicted octanol–water partition coefficient (Wildman–Crippen LogP) is 3.95. The van der Waals surface area contributed by atoms with E-state index in [0.29, 0.717) is 5.56 Å². The van der Waals surface area contributed by atoms with Gasteiger partial charge in [0.2, 0.25) is 0 Å². The molecule has 0 atom stereocenters. The molecule has 0 aliphatic rings. The molecule has 0 aliphatic carbocycles. The van der Waals surface area contributed by atoms with Crippen LogP contribution in [0.2, 0.25) is 0 Å². The molecule has 1 N–H and O–H groups in total. The minimum atomic E-state index is -4.50. The Morgan fingerprint density at radius 2 is 1.59 bits per heavy atom. The number of rotatable bonds is 3. The third-order valence-corrected chi connectivity index (χ3v) is 4.43. The highest BCUT2D eigenvalue weighted by atomic mass is 32.2. The summed E-state index contributed by atoms with van der Waals surface area (Å²) in [5, 5.41) is 0. The van der Waals surface area contributed by atoms with Crippen molar-refractivity contribution in [2.24, 2.45) is 0 Å². The van der Waals surface area contributed by atoms with E-state index in [1.165, 1.54) is 13.0 Å². The van der Waals surface area contributed by atoms with Crippen molar-refractivity contribution in [3.8, 4) is 0 Å². The summed E-state index contributed by atoms with van der Waals surface area (Å²) in [4.78, 5) is -0.271. The lowest BCUT2D eigenvalue weighted by Crippen LogP contribution is -2.15. The van der Waals surface area contributed by atoms with Crippen molar-refractivity contribution in [3.05, 3.63) is 59.4 Å². The van der Waals surface area contributed by atoms with Gasteiger partial charge >= 0.3 is 6.18 Å². The van der Waals surface area contributed by atoms with Crippen molar-refractivity contribution in [2.45, 2.75) is 18.0 Å². The highest BCUT2D eigenvalue weighted by molar-refractivity contribution is 7.92. The summed E-state index contributed by atoms with van der Waals surface area (Å²) >= 11 is 0. The van der Waals surface area contributed by atoms with Crippen LogP contribution < -0.4 is 4.72 Å². The number of benzene rings is 2. The number of aryl methyl sites for hydroxylation is 1. The lowest BCUT2D eigenvalue weighted by Gasteiger charge is -2.12. The van der Waals surface area contributed by atoms with Crippen molar-refractivity contribution >= 4 is 15.7 Å². The van der Waals surface area contributed by atoms with Crippen molar-refractivity contribution < 1.29 is 26.0 Å². The average Bonchev–Trinajstić information content (AvgIpc) is 2.40. The van der Waals surface area contributed by atoms with E-state index in [1.54, 1.807) is 0 Å². The average molecular weight is 333 g/mol. The molecule has 0 bridgehead atoms. The molecule has 0 heterocycles. The van der Waals surface area contributed by atoms with E-state index in [1.807, 2.05) is 0 Å². The highest BCUT2D eigenvalue weighted by Crippen LogP contribution is 2.30. The zero-order valence-electron chi connectivity index (χ0n) is 11.3. The normalized spacial score (nSPS) is 12.2. The maximum absolute atomic E-state index is 13.2. The van der Waals surface area contributed by atoms with Gasteiger partial charge in [-0.1, -0.05) is 6.07 Å². The summed E-state index contributed by atoms with van der Waals surface area (Å²) < 4.78 is 76.9. The van der Waals surface area contributed by atoms with Crippen molar-refractivity contribution in [2.75, 3.05) is 4.72 Å². The predicted molar refractivity (Wildman–Crippen MR) is 73.4 cm³/mol. The fourth-order valence-corrected chi connectivity index (χ4v) is 3.12. The standard InChI is InChI=1S/C14H11F4NO2S/c1-9-2-5-11(15)8-13(9)22(20,21)19-12-6-3-10(4-7-12)14(16,17)18/h2-8,19H,1H3. The maximum atomic E-state index is 13.2. The molecule has 8 heteroatoms. The van der Waals surface area contributed by atoms with Crippen LogP contribution in [-0.4, -0.2) is 8.42 Å². The SMILES string of the molecule is Cc1ccc(F)cc1S(=O)(=O)Nc1ccc(C(F)(F)F)cc1. The van der Waals surface area contributed by atoms with E-state index in [-0.39, 0.29) is 10.6 Å². The van der Waals surface area contributed by atoms with E-state index >= 15 is 0 Å². The Morgan fingerprint density at radius 1 is 1.00 bits per heavy atom. The molecule has 0 aliphatic heterocycles. The smallest absolute Gasteiger partial charge is 0.280 e. The van der Waals surface area contributed by atoms with Gasteiger partial charge in [0.15, 0.2) is 0 Å². The quantitative estimate of drug-likeness (QED) is 0.865. The van der Waals surface area contributed by atoms with Gasteiger partial charge in [-0.3, -0.25) is 4.72 Å². The second-order valence-electron chi connectivity index (χ2n) is 4.59. The number of halogens is 4. The number of sulfonamides is 1. The number of anilines is 1. The fraction of sp³-hybridized carbons (Fsp3) is 0.143. The van der Waals surface area contributed by atoms with Crippen LogP contribution in [0.1, 0.15) is 11.1 Å². The topological polar surface area (TPSA) is 46.2 Å². The highest BCUT2D eigenvalue weighted by Gasteiger charge is 2.30. The van der Waals surface area contributed by atoms with Gasteiger partial charge in [-0.2, -0.15) is 13.2 Å². The molecule has 3 nitrogen and oxygen atoms in total. The summed E-state index contributed by atoms with van der Waals surface area (Å²) in [5.74, 6) is -0.724. The molecule has 0 unspecified atom stereocenters. The Balaban J connectivity index is 2.31. The van der Waals surface area contributed by atoms with Gasteiger partial charge in [-0.15, -0.1) is 0 Å². The Morgan fingerprint density at radius 3 is 2.14 bits per heavy atom. The van der Waals surface area contributed by atoms with Gasteiger partial charge in [0.05, 0.1) is 10.5 Å². The summed E-state index contributed by atoms with van der Waals surface area (Å²) in [7, 11) is -4.09. The molecule has 2 rings (SSSR count). The van der Waals surface area contributed by atoms with Gasteiger partial charge in [0, 0.05) is 5.69 Å². The third-order valence-electron chi connectivity index (χ3n) is 2.90. The van der Waals surface area contributed by atoms with E-state index in [2.05, 4.69) is 4.72 Å². The van der Waals surface area contributed by atoms with Crippen LogP contribution in [0.3, 0.4) is 0 Å². The maximum Gasteiger partial charge on any atom is 0.416 e. The van der Waals surface area contributed by atoms with E-state index in [0.717, 1.165) is 36.4 Å². The molecule has 22 heavy (non-hydrogen) atoms. The zero-order valence-corrected chi connectivity index (χ0v) is 12.1. The minimum Gasteiger partial charge on any atom is -0.280 e. The fourth-order valence-electron chi connectivity index (χ4n) is 1.80. The number of alkyl halides is 3. The number of hydrogen-bond donors (Lipinski definition) is 1. The second-order valence-corrected chi connectivity index (χ2v) is 6.24. The monoisotopic (exact) mass is 333 g/mol. The van der Waals surface area contributed by atoms with E-state index in [4.69, 9.17) is 0 Å². The van der Waals surface area contributed by atoms with Gasteiger partial charge in [-0.25, -0.2) is 12.8 Å². The Bertz CT molecular complexity index is 783. The molecule has 0 aromatic heterocycles. The summed E-state index contributed by atoms with van der Waals surface area (Å²) in [5.41, 5.74) is -0.616. The summed E-state index contributed by atoms with van der Waals surface area (Å²) in [6, 6.07) is 6.78. The Hall–Kier alpha value is -2.09. The van der Waals surface area contributed by atoms with E-state index < -0.39 is 27.6 Å². The van der Waals surface area contributed by atoms with Gasteiger partial charge in [0.1, 0.15) is 5.82 Å². The molecule has 0 saturated heterocycles. The summed E-state index contributed by atoms with van der Waals surface area (Å²) in [6.45, 7) is 1.49. The minimum absolute atomic E-state index is 0.0448. The first kappa shape index (κ1) is 16.3. The first-order chi connectivity index (χ1) is 10.1. The molecule has 0 saturated carbocycles. The van der Waals surface area contributed by atoms with Crippen LogP contribution in [0.5, 0.6) is 0 Å². The second kappa shape index (κ2) is 5.60.